The average Bonchev–Trinajstić information content (AvgIpc) is 2.49. The van der Waals surface area contributed by atoms with Crippen LogP contribution in [0.15, 0.2) is 30.3 Å². The number of thioether (sulfide) groups is 1. The van der Waals surface area contributed by atoms with Gasteiger partial charge in [0, 0.05) is 26.1 Å². The van der Waals surface area contributed by atoms with E-state index in [1.807, 2.05) is 34.9 Å². The molecule has 0 aliphatic carbocycles. The van der Waals surface area contributed by atoms with Crippen LogP contribution in [0.2, 0.25) is 0 Å². The van der Waals surface area contributed by atoms with Crippen molar-refractivity contribution in [2.45, 2.75) is 25.8 Å². The second kappa shape index (κ2) is 8.32. The lowest BCUT2D eigenvalue weighted by atomic mass is 9.98. The van der Waals surface area contributed by atoms with Crippen molar-refractivity contribution in [1.29, 1.82) is 0 Å². The van der Waals surface area contributed by atoms with Gasteiger partial charge in [0.05, 0.1) is 0 Å². The van der Waals surface area contributed by atoms with Gasteiger partial charge in [-0.1, -0.05) is 30.3 Å². The summed E-state index contributed by atoms with van der Waals surface area (Å²) in [6.07, 6.45) is 3.05. The molecule has 110 valence electrons. The van der Waals surface area contributed by atoms with Crippen LogP contribution in [0.25, 0.3) is 0 Å². The highest BCUT2D eigenvalue weighted by Gasteiger charge is 2.21. The number of carbonyl (C=O) groups excluding carboxylic acids is 1. The number of hydrogen-bond donors (Lipinski definition) is 1. The van der Waals surface area contributed by atoms with E-state index in [-0.39, 0.29) is 5.91 Å². The van der Waals surface area contributed by atoms with E-state index in [0.717, 1.165) is 0 Å². The Morgan fingerprint density at radius 3 is 2.60 bits per heavy atom. The van der Waals surface area contributed by atoms with Crippen molar-refractivity contribution in [3.8, 4) is 0 Å². The first-order valence-corrected chi connectivity index (χ1v) is 8.54. The molecule has 3 nitrogen and oxygen atoms in total. The largest absolute Gasteiger partial charge is 0.337 e. The third-order valence-corrected chi connectivity index (χ3v) is 4.82. The molecule has 0 saturated carbocycles. The average molecular weight is 292 g/mol. The van der Waals surface area contributed by atoms with Gasteiger partial charge < -0.3 is 10.6 Å². The van der Waals surface area contributed by atoms with Crippen LogP contribution in [0.5, 0.6) is 0 Å². The molecule has 2 N–H and O–H groups in total. The zero-order valence-electron chi connectivity index (χ0n) is 12.0. The molecule has 0 spiro atoms. The summed E-state index contributed by atoms with van der Waals surface area (Å²) in [5, 5.41) is 0. The second-order valence-electron chi connectivity index (χ2n) is 5.35. The summed E-state index contributed by atoms with van der Waals surface area (Å²) < 4.78 is 0. The Hall–Kier alpha value is -1.000. The minimum atomic E-state index is 0.260. The van der Waals surface area contributed by atoms with Crippen molar-refractivity contribution in [1.82, 2.24) is 4.90 Å². The summed E-state index contributed by atoms with van der Waals surface area (Å²) in [5.41, 5.74) is 6.83. The van der Waals surface area contributed by atoms with Crippen molar-refractivity contribution >= 4 is 17.7 Å². The smallest absolute Gasteiger partial charge is 0.223 e. The lowest BCUT2D eigenvalue weighted by Crippen LogP contribution is -2.36. The third kappa shape index (κ3) is 4.84. The van der Waals surface area contributed by atoms with E-state index in [0.29, 0.717) is 32.0 Å². The lowest BCUT2D eigenvalue weighted by molar-refractivity contribution is -0.132. The first-order valence-electron chi connectivity index (χ1n) is 7.39. The summed E-state index contributed by atoms with van der Waals surface area (Å²) in [4.78, 5) is 14.4. The number of rotatable bonds is 6. The zero-order valence-corrected chi connectivity index (χ0v) is 12.8. The summed E-state index contributed by atoms with van der Waals surface area (Å²) >= 11 is 2.00. The molecule has 0 unspecified atom stereocenters. The van der Waals surface area contributed by atoms with Gasteiger partial charge in [0.15, 0.2) is 0 Å². The number of amides is 1. The molecule has 1 aromatic carbocycles. The molecule has 1 aromatic rings. The SMILES string of the molecule is NCCN(Cc1ccccc1)C(=O)CC1CCSCC1. The van der Waals surface area contributed by atoms with Gasteiger partial charge in [-0.25, -0.2) is 0 Å². The Kier molecular flexibility index (Phi) is 6.40. The van der Waals surface area contributed by atoms with E-state index >= 15 is 0 Å². The maximum absolute atomic E-state index is 12.5. The molecule has 0 aromatic heterocycles. The fourth-order valence-corrected chi connectivity index (χ4v) is 3.78. The van der Waals surface area contributed by atoms with Crippen LogP contribution in [-0.4, -0.2) is 35.4 Å². The fourth-order valence-electron chi connectivity index (χ4n) is 2.58. The van der Waals surface area contributed by atoms with Gasteiger partial charge in [-0.3, -0.25) is 4.79 Å². The van der Waals surface area contributed by atoms with Gasteiger partial charge >= 0.3 is 0 Å². The topological polar surface area (TPSA) is 46.3 Å². The third-order valence-electron chi connectivity index (χ3n) is 3.77. The molecule has 0 radical (unpaired) electrons. The summed E-state index contributed by atoms with van der Waals surface area (Å²) in [6.45, 7) is 1.85. The highest BCUT2D eigenvalue weighted by Crippen LogP contribution is 2.26. The molecule has 0 atom stereocenters. The van der Waals surface area contributed by atoms with Gasteiger partial charge in [-0.2, -0.15) is 11.8 Å². The van der Waals surface area contributed by atoms with Crippen molar-refractivity contribution in [2.24, 2.45) is 11.7 Å². The fraction of sp³-hybridized carbons (Fsp3) is 0.562. The molecule has 1 amide bonds. The molecule has 0 bridgehead atoms. The maximum atomic E-state index is 12.5. The normalized spacial score (nSPS) is 16.1. The second-order valence-corrected chi connectivity index (χ2v) is 6.57. The standard InChI is InChI=1S/C16H24N2OS/c17-8-9-18(13-15-4-2-1-3-5-15)16(19)12-14-6-10-20-11-7-14/h1-5,14H,6-13,17H2. The summed E-state index contributed by atoms with van der Waals surface area (Å²) in [6, 6.07) is 10.2. The predicted octanol–water partition coefficient (Wildman–Crippen LogP) is 2.51. The van der Waals surface area contributed by atoms with Gasteiger partial charge in [-0.15, -0.1) is 0 Å². The monoisotopic (exact) mass is 292 g/mol. The van der Waals surface area contributed by atoms with Crippen LogP contribution in [0.3, 0.4) is 0 Å². The van der Waals surface area contributed by atoms with Crippen molar-refractivity contribution in [2.75, 3.05) is 24.6 Å². The minimum absolute atomic E-state index is 0.260. The highest BCUT2D eigenvalue weighted by atomic mass is 32.2. The van der Waals surface area contributed by atoms with E-state index in [9.17, 15) is 4.79 Å². The first kappa shape index (κ1) is 15.4. The number of nitrogens with two attached hydrogens (primary N) is 1. The van der Waals surface area contributed by atoms with E-state index in [4.69, 9.17) is 5.73 Å². The minimum Gasteiger partial charge on any atom is -0.337 e. The van der Waals surface area contributed by atoms with E-state index in [1.165, 1.54) is 29.9 Å². The van der Waals surface area contributed by atoms with Crippen LogP contribution in [0.1, 0.15) is 24.8 Å². The molecule has 1 aliphatic heterocycles. The molecular formula is C16H24N2OS. The van der Waals surface area contributed by atoms with Crippen LogP contribution < -0.4 is 5.73 Å². The molecule has 2 rings (SSSR count). The van der Waals surface area contributed by atoms with Crippen LogP contribution in [0.4, 0.5) is 0 Å². The molecule has 1 heterocycles. The van der Waals surface area contributed by atoms with Gasteiger partial charge in [0.2, 0.25) is 5.91 Å². The number of nitrogens with zero attached hydrogens (tertiary/aromatic N) is 1. The predicted molar refractivity (Wildman–Crippen MR) is 85.6 cm³/mol. The first-order chi connectivity index (χ1) is 9.79. The van der Waals surface area contributed by atoms with Gasteiger partial charge in [0.25, 0.3) is 0 Å². The van der Waals surface area contributed by atoms with E-state index in [1.54, 1.807) is 0 Å². The highest BCUT2D eigenvalue weighted by molar-refractivity contribution is 7.99. The molecule has 1 fully saturated rings. The maximum Gasteiger partial charge on any atom is 0.223 e. The van der Waals surface area contributed by atoms with E-state index in [2.05, 4.69) is 12.1 Å². The quantitative estimate of drug-likeness (QED) is 0.876. The van der Waals surface area contributed by atoms with Crippen molar-refractivity contribution in [3.05, 3.63) is 35.9 Å². The van der Waals surface area contributed by atoms with Crippen LogP contribution in [0, 0.1) is 5.92 Å². The van der Waals surface area contributed by atoms with E-state index < -0.39 is 0 Å². The molecule has 4 heteroatoms. The Morgan fingerprint density at radius 2 is 1.95 bits per heavy atom. The molecule has 1 aliphatic rings. The number of carbonyl (C=O) groups is 1. The van der Waals surface area contributed by atoms with Crippen LogP contribution in [-0.2, 0) is 11.3 Å². The Bertz CT molecular complexity index is 404. The van der Waals surface area contributed by atoms with Crippen molar-refractivity contribution < 1.29 is 4.79 Å². The Morgan fingerprint density at radius 1 is 1.25 bits per heavy atom. The number of hydrogen-bond acceptors (Lipinski definition) is 3. The molecular weight excluding hydrogens is 268 g/mol. The molecule has 20 heavy (non-hydrogen) atoms. The van der Waals surface area contributed by atoms with Crippen LogP contribution >= 0.6 is 11.8 Å². The van der Waals surface area contributed by atoms with Gasteiger partial charge in [0.1, 0.15) is 0 Å². The molecule has 1 saturated heterocycles. The van der Waals surface area contributed by atoms with Gasteiger partial charge in [-0.05, 0) is 35.8 Å². The zero-order chi connectivity index (χ0) is 14.2. The Balaban J connectivity index is 1.91. The number of benzene rings is 1. The summed E-state index contributed by atoms with van der Waals surface area (Å²) in [5.74, 6) is 3.23. The lowest BCUT2D eigenvalue weighted by Gasteiger charge is -2.26. The summed E-state index contributed by atoms with van der Waals surface area (Å²) in [7, 11) is 0. The Labute approximate surface area is 125 Å². The van der Waals surface area contributed by atoms with Crippen molar-refractivity contribution in [3.63, 3.8) is 0 Å².